The van der Waals surface area contributed by atoms with E-state index < -0.39 is 23.3 Å². The van der Waals surface area contributed by atoms with Crippen LogP contribution in [0.25, 0.3) is 22.5 Å². The number of carbonyl (C=O) groups excluding carboxylic acids is 1. The molecule has 34 heavy (non-hydrogen) atoms. The number of nitrogens with one attached hydrogen (secondary N) is 1. The molecule has 0 spiro atoms. The SMILES string of the molecule is COc1cc(C(O)=C2C(=O)Nc3cc(Cl)c(-c4c(F)cc(N5CCOCC5)cc4F)cc32)on1. The normalized spacial score (nSPS) is 16.9. The molecule has 3 aromatic rings. The summed E-state index contributed by atoms with van der Waals surface area (Å²) in [5.41, 5.74) is 0.405. The molecule has 11 heteroatoms. The molecule has 0 unspecified atom stereocenters. The van der Waals surface area contributed by atoms with Gasteiger partial charge in [0.25, 0.3) is 11.8 Å². The monoisotopic (exact) mass is 489 g/mol. The largest absolute Gasteiger partial charge is 0.504 e. The van der Waals surface area contributed by atoms with E-state index in [9.17, 15) is 9.90 Å². The first-order valence-corrected chi connectivity index (χ1v) is 10.7. The Morgan fingerprint density at radius 2 is 1.85 bits per heavy atom. The maximum atomic E-state index is 15.2. The number of morpholine rings is 1. The van der Waals surface area contributed by atoms with Crippen molar-refractivity contribution in [3.05, 3.63) is 58.3 Å². The average Bonchev–Trinajstić information content (AvgIpc) is 3.42. The number of benzene rings is 2. The molecule has 0 saturated carbocycles. The Balaban J connectivity index is 1.60. The minimum atomic E-state index is -0.810. The molecule has 0 radical (unpaired) electrons. The smallest absolute Gasteiger partial charge is 0.260 e. The standard InChI is InChI=1S/C23H18ClF2N3O5/c1-32-19-10-18(34-28-19)22(30)21-13-8-12(14(24)9-17(13)27-23(21)31)20-15(25)6-11(7-16(20)26)29-2-4-33-5-3-29/h6-10,30H,2-5H2,1H3,(H,27,31). The van der Waals surface area contributed by atoms with Gasteiger partial charge in [-0.2, -0.15) is 0 Å². The molecule has 8 nitrogen and oxygen atoms in total. The molecule has 2 aliphatic rings. The van der Waals surface area contributed by atoms with Crippen molar-refractivity contribution in [2.45, 2.75) is 0 Å². The van der Waals surface area contributed by atoms with Crippen LogP contribution in [0.15, 0.2) is 34.9 Å². The number of nitrogens with zero attached hydrogens (tertiary/aromatic N) is 2. The maximum Gasteiger partial charge on any atom is 0.260 e. The first-order valence-electron chi connectivity index (χ1n) is 10.3. The van der Waals surface area contributed by atoms with E-state index in [0.717, 1.165) is 0 Å². The second kappa shape index (κ2) is 8.62. The number of rotatable bonds is 4. The molecule has 5 rings (SSSR count). The molecule has 1 fully saturated rings. The second-order valence-corrected chi connectivity index (χ2v) is 8.08. The van der Waals surface area contributed by atoms with Gasteiger partial charge >= 0.3 is 0 Å². The summed E-state index contributed by atoms with van der Waals surface area (Å²) in [6, 6.07) is 6.51. The predicted octanol–water partition coefficient (Wildman–Crippen LogP) is 4.50. The lowest BCUT2D eigenvalue weighted by atomic mass is 9.97. The number of hydrogen-bond acceptors (Lipinski definition) is 7. The average molecular weight is 490 g/mol. The summed E-state index contributed by atoms with van der Waals surface area (Å²) in [4.78, 5) is 14.4. The van der Waals surface area contributed by atoms with Crippen molar-refractivity contribution in [1.82, 2.24) is 5.16 Å². The van der Waals surface area contributed by atoms with E-state index in [0.29, 0.717) is 32.0 Å². The lowest BCUT2D eigenvalue weighted by Gasteiger charge is -2.29. The molecule has 0 atom stereocenters. The van der Waals surface area contributed by atoms with Gasteiger partial charge in [0.2, 0.25) is 5.76 Å². The number of hydrogen-bond donors (Lipinski definition) is 2. The highest BCUT2D eigenvalue weighted by molar-refractivity contribution is 6.38. The number of fused-ring (bicyclic) bond motifs is 1. The third-order valence-electron chi connectivity index (χ3n) is 5.69. The van der Waals surface area contributed by atoms with E-state index in [1.807, 2.05) is 4.90 Å². The third-order valence-corrected chi connectivity index (χ3v) is 6.00. The van der Waals surface area contributed by atoms with Gasteiger partial charge in [-0.3, -0.25) is 4.79 Å². The number of ether oxygens (including phenoxy) is 2. The Hall–Kier alpha value is -3.63. The van der Waals surface area contributed by atoms with Crippen molar-refractivity contribution in [2.75, 3.05) is 43.6 Å². The number of anilines is 2. The topological polar surface area (TPSA) is 97.1 Å². The molecule has 1 amide bonds. The van der Waals surface area contributed by atoms with Crippen LogP contribution < -0.4 is 15.0 Å². The van der Waals surface area contributed by atoms with Gasteiger partial charge < -0.3 is 29.3 Å². The summed E-state index contributed by atoms with van der Waals surface area (Å²) >= 11 is 6.35. The highest BCUT2D eigenvalue weighted by atomic mass is 35.5. The van der Waals surface area contributed by atoms with Gasteiger partial charge in [0.05, 0.1) is 48.2 Å². The zero-order chi connectivity index (χ0) is 24.0. The molecular weight excluding hydrogens is 472 g/mol. The van der Waals surface area contributed by atoms with E-state index in [-0.39, 0.29) is 44.6 Å². The van der Waals surface area contributed by atoms with Crippen LogP contribution in [0, 0.1) is 11.6 Å². The zero-order valence-electron chi connectivity index (χ0n) is 17.8. The molecular formula is C23H18ClF2N3O5. The Morgan fingerprint density at radius 3 is 2.50 bits per heavy atom. The number of methoxy groups -OCH3 is 1. The maximum absolute atomic E-state index is 15.2. The van der Waals surface area contributed by atoms with Crippen molar-refractivity contribution < 1.29 is 32.7 Å². The van der Waals surface area contributed by atoms with Gasteiger partial charge in [-0.25, -0.2) is 8.78 Å². The summed E-state index contributed by atoms with van der Waals surface area (Å²) in [5, 5.41) is 16.9. The van der Waals surface area contributed by atoms with E-state index in [1.165, 1.54) is 37.4 Å². The van der Waals surface area contributed by atoms with Gasteiger partial charge in [-0.05, 0) is 29.4 Å². The molecule has 2 aliphatic heterocycles. The van der Waals surface area contributed by atoms with Gasteiger partial charge in [0.15, 0.2) is 5.76 Å². The summed E-state index contributed by atoms with van der Waals surface area (Å²) in [6.45, 7) is 1.98. The fourth-order valence-corrected chi connectivity index (χ4v) is 4.29. The Kier molecular flexibility index (Phi) is 5.62. The summed E-state index contributed by atoms with van der Waals surface area (Å²) in [6.07, 6.45) is 0. The van der Waals surface area contributed by atoms with Crippen molar-refractivity contribution in [3.63, 3.8) is 0 Å². The molecule has 1 saturated heterocycles. The van der Waals surface area contributed by atoms with Gasteiger partial charge in [0.1, 0.15) is 11.6 Å². The number of aromatic nitrogens is 1. The lowest BCUT2D eigenvalue weighted by Crippen LogP contribution is -2.36. The second-order valence-electron chi connectivity index (χ2n) is 7.67. The molecule has 0 aliphatic carbocycles. The van der Waals surface area contributed by atoms with E-state index in [1.54, 1.807) is 0 Å². The molecule has 176 valence electrons. The van der Waals surface area contributed by atoms with Gasteiger partial charge in [-0.1, -0.05) is 11.6 Å². The van der Waals surface area contributed by atoms with Crippen molar-refractivity contribution >= 4 is 40.2 Å². The predicted molar refractivity (Wildman–Crippen MR) is 121 cm³/mol. The molecule has 0 bridgehead atoms. The van der Waals surface area contributed by atoms with Crippen molar-refractivity contribution in [2.24, 2.45) is 0 Å². The lowest BCUT2D eigenvalue weighted by molar-refractivity contribution is -0.110. The van der Waals surface area contributed by atoms with Crippen LogP contribution in [0.2, 0.25) is 5.02 Å². The Bertz CT molecular complexity index is 1310. The minimum Gasteiger partial charge on any atom is -0.504 e. The van der Waals surface area contributed by atoms with Crippen LogP contribution in [-0.2, 0) is 9.53 Å². The quantitative estimate of drug-likeness (QED) is 0.411. The Morgan fingerprint density at radius 1 is 1.15 bits per heavy atom. The van der Waals surface area contributed by atoms with Crippen LogP contribution in [0.3, 0.4) is 0 Å². The number of aliphatic hydroxyl groups is 1. The molecule has 1 aromatic heterocycles. The van der Waals surface area contributed by atoms with Crippen LogP contribution >= 0.6 is 11.6 Å². The summed E-state index contributed by atoms with van der Waals surface area (Å²) < 4.78 is 45.6. The highest BCUT2D eigenvalue weighted by Gasteiger charge is 2.32. The van der Waals surface area contributed by atoms with E-state index in [4.69, 9.17) is 25.6 Å². The number of carbonyl (C=O) groups is 1. The number of aliphatic hydroxyl groups excluding tert-OH is 1. The summed E-state index contributed by atoms with van der Waals surface area (Å²) in [7, 11) is 1.37. The van der Waals surface area contributed by atoms with Gasteiger partial charge in [-0.15, -0.1) is 0 Å². The number of halogens is 3. The van der Waals surface area contributed by atoms with Crippen LogP contribution in [0.5, 0.6) is 5.88 Å². The van der Waals surface area contributed by atoms with Gasteiger partial charge in [0, 0.05) is 29.9 Å². The minimum absolute atomic E-state index is 0.0260. The first kappa shape index (κ1) is 22.2. The molecule has 2 aromatic carbocycles. The molecule has 2 N–H and O–H groups in total. The van der Waals surface area contributed by atoms with E-state index >= 15 is 8.78 Å². The molecule has 3 heterocycles. The Labute approximate surface area is 197 Å². The first-order chi connectivity index (χ1) is 16.4. The highest BCUT2D eigenvalue weighted by Crippen LogP contribution is 2.43. The van der Waals surface area contributed by atoms with Crippen LogP contribution in [0.1, 0.15) is 11.3 Å². The zero-order valence-corrected chi connectivity index (χ0v) is 18.6. The van der Waals surface area contributed by atoms with E-state index in [2.05, 4.69) is 10.5 Å². The fourth-order valence-electron chi connectivity index (χ4n) is 4.03. The summed E-state index contributed by atoms with van der Waals surface area (Å²) in [5.74, 6) is -2.78. The third kappa shape index (κ3) is 3.74. The number of amides is 1. The van der Waals surface area contributed by atoms with Crippen LogP contribution in [-0.4, -0.2) is 49.6 Å². The fraction of sp³-hybridized carbons (Fsp3) is 0.217. The van der Waals surface area contributed by atoms with Crippen molar-refractivity contribution in [3.8, 4) is 17.0 Å². The van der Waals surface area contributed by atoms with Crippen LogP contribution in [0.4, 0.5) is 20.2 Å². The van der Waals surface area contributed by atoms with Crippen molar-refractivity contribution in [1.29, 1.82) is 0 Å².